The Kier molecular flexibility index (Phi) is 7.51. The van der Waals surface area contributed by atoms with Crippen LogP contribution in [-0.4, -0.2) is 28.6 Å². The molecule has 0 unspecified atom stereocenters. The summed E-state index contributed by atoms with van der Waals surface area (Å²) in [6.45, 7) is 2.35. The predicted octanol–water partition coefficient (Wildman–Crippen LogP) is 4.81. The van der Waals surface area contributed by atoms with Crippen LogP contribution in [0.15, 0.2) is 41.8 Å². The molecule has 1 atom stereocenters. The molecule has 1 aromatic heterocycles. The van der Waals surface area contributed by atoms with Gasteiger partial charge in [-0.25, -0.2) is 0 Å². The van der Waals surface area contributed by atoms with Crippen LogP contribution in [-0.2, 0) is 16.1 Å². The molecule has 28 heavy (non-hydrogen) atoms. The molecule has 0 aliphatic heterocycles. The van der Waals surface area contributed by atoms with Gasteiger partial charge in [0.2, 0.25) is 11.8 Å². The molecule has 150 valence electrons. The number of hydrogen-bond donors (Lipinski definition) is 1. The Labute approximate surface area is 175 Å². The molecule has 0 radical (unpaired) electrons. The van der Waals surface area contributed by atoms with Crippen molar-refractivity contribution >= 4 is 34.8 Å². The van der Waals surface area contributed by atoms with Gasteiger partial charge in [-0.1, -0.05) is 49.6 Å². The van der Waals surface area contributed by atoms with Gasteiger partial charge in [-0.3, -0.25) is 9.59 Å². The quantitative estimate of drug-likeness (QED) is 0.655. The molecule has 0 saturated heterocycles. The zero-order chi connectivity index (χ0) is 19.9. The van der Waals surface area contributed by atoms with E-state index in [1.165, 1.54) is 6.42 Å². The van der Waals surface area contributed by atoms with Crippen LogP contribution in [0.4, 0.5) is 0 Å². The van der Waals surface area contributed by atoms with Crippen molar-refractivity contribution < 1.29 is 9.59 Å². The third kappa shape index (κ3) is 5.15. The highest BCUT2D eigenvalue weighted by molar-refractivity contribution is 7.09. The summed E-state index contributed by atoms with van der Waals surface area (Å²) >= 11 is 7.51. The van der Waals surface area contributed by atoms with Crippen molar-refractivity contribution in [1.82, 2.24) is 10.2 Å². The van der Waals surface area contributed by atoms with Crippen LogP contribution in [0.1, 0.15) is 54.1 Å². The van der Waals surface area contributed by atoms with Gasteiger partial charge in [-0.2, -0.15) is 0 Å². The molecule has 1 saturated carbocycles. The van der Waals surface area contributed by atoms with Gasteiger partial charge in [-0.05, 0) is 42.3 Å². The molecule has 1 aliphatic carbocycles. The number of halogens is 1. The molecule has 1 fully saturated rings. The zero-order valence-corrected chi connectivity index (χ0v) is 17.8. The van der Waals surface area contributed by atoms with E-state index in [-0.39, 0.29) is 23.7 Å². The summed E-state index contributed by atoms with van der Waals surface area (Å²) in [6, 6.07) is 11.2. The Morgan fingerprint density at radius 3 is 2.57 bits per heavy atom. The lowest BCUT2D eigenvalue weighted by Crippen LogP contribution is -2.47. The number of benzene rings is 1. The number of nitrogens with one attached hydrogen (secondary N) is 1. The molecule has 6 heteroatoms. The van der Waals surface area contributed by atoms with Gasteiger partial charge < -0.3 is 10.2 Å². The number of alkyl halides is 1. The number of rotatable bonds is 7. The summed E-state index contributed by atoms with van der Waals surface area (Å²) in [6.07, 6.45) is 5.50. The van der Waals surface area contributed by atoms with Gasteiger partial charge in [0.1, 0.15) is 11.9 Å². The molecule has 1 N–H and O–H groups in total. The Morgan fingerprint density at radius 2 is 1.93 bits per heavy atom. The molecule has 4 nitrogen and oxygen atoms in total. The van der Waals surface area contributed by atoms with Crippen LogP contribution in [0, 0.1) is 6.92 Å². The number of aryl methyl sites for hydroxylation is 1. The summed E-state index contributed by atoms with van der Waals surface area (Å²) in [4.78, 5) is 28.8. The largest absolute Gasteiger partial charge is 0.351 e. The fourth-order valence-electron chi connectivity index (χ4n) is 3.84. The number of thiophene rings is 1. The molecule has 0 bridgehead atoms. The molecular weight excluding hydrogens is 392 g/mol. The van der Waals surface area contributed by atoms with Crippen molar-refractivity contribution in [3.63, 3.8) is 0 Å². The van der Waals surface area contributed by atoms with Crippen molar-refractivity contribution in [2.75, 3.05) is 5.88 Å². The Morgan fingerprint density at radius 1 is 1.18 bits per heavy atom. The van der Waals surface area contributed by atoms with Crippen LogP contribution in [0.2, 0.25) is 0 Å². The smallest absolute Gasteiger partial charge is 0.247 e. The Hall–Kier alpha value is -1.85. The highest BCUT2D eigenvalue weighted by atomic mass is 35.5. The minimum absolute atomic E-state index is 0.115. The van der Waals surface area contributed by atoms with Gasteiger partial charge >= 0.3 is 0 Å². The highest BCUT2D eigenvalue weighted by Crippen LogP contribution is 2.28. The first-order valence-electron chi connectivity index (χ1n) is 9.84. The first-order chi connectivity index (χ1) is 13.6. The third-order valence-electron chi connectivity index (χ3n) is 5.34. The van der Waals surface area contributed by atoms with Gasteiger partial charge in [0.05, 0.1) is 6.54 Å². The maximum absolute atomic E-state index is 13.4. The molecule has 3 rings (SSSR count). The van der Waals surface area contributed by atoms with Crippen LogP contribution in [0.3, 0.4) is 0 Å². The summed E-state index contributed by atoms with van der Waals surface area (Å²) in [5.74, 6) is -0.497. The van der Waals surface area contributed by atoms with E-state index in [1.807, 2.05) is 48.7 Å². The van der Waals surface area contributed by atoms with E-state index >= 15 is 0 Å². The van der Waals surface area contributed by atoms with Gasteiger partial charge in [0.15, 0.2) is 0 Å². The lowest BCUT2D eigenvalue weighted by atomic mass is 9.94. The fourth-order valence-corrected chi connectivity index (χ4v) is 4.70. The van der Waals surface area contributed by atoms with Crippen LogP contribution < -0.4 is 5.32 Å². The molecule has 1 aliphatic rings. The molecule has 1 heterocycles. The molecule has 0 spiro atoms. The summed E-state index contributed by atoms with van der Waals surface area (Å²) in [7, 11) is 0. The van der Waals surface area contributed by atoms with E-state index in [9.17, 15) is 9.59 Å². The summed E-state index contributed by atoms with van der Waals surface area (Å²) in [5, 5.41) is 5.19. The number of carbonyl (C=O) groups excluding carboxylic acids is 2. The van der Waals surface area contributed by atoms with E-state index in [4.69, 9.17) is 11.6 Å². The van der Waals surface area contributed by atoms with E-state index in [0.717, 1.165) is 41.7 Å². The molecular formula is C22H27ClN2O2S. The van der Waals surface area contributed by atoms with Crippen LogP contribution >= 0.6 is 22.9 Å². The normalized spacial score (nSPS) is 15.8. The second-order valence-electron chi connectivity index (χ2n) is 7.34. The number of carbonyl (C=O) groups is 2. The average molecular weight is 419 g/mol. The van der Waals surface area contributed by atoms with Crippen LogP contribution in [0.25, 0.3) is 0 Å². The number of amides is 2. The second kappa shape index (κ2) is 10.1. The Bertz CT molecular complexity index is 788. The standard InChI is InChI=1S/C22H27ClN2O2S/c1-16-8-5-6-12-19(16)21(22(27)24-17-9-3-2-4-10-17)25(20(26)14-23)15-18-11-7-13-28-18/h5-8,11-13,17,21H,2-4,9-10,14-15H2,1H3,(H,24,27)/t21-/m0/s1. The maximum atomic E-state index is 13.4. The zero-order valence-electron chi connectivity index (χ0n) is 16.2. The topological polar surface area (TPSA) is 49.4 Å². The predicted molar refractivity (Wildman–Crippen MR) is 115 cm³/mol. The van der Waals surface area contributed by atoms with Crippen molar-refractivity contribution in [3.05, 3.63) is 57.8 Å². The molecule has 2 amide bonds. The van der Waals surface area contributed by atoms with E-state index in [0.29, 0.717) is 6.54 Å². The number of nitrogens with zero attached hydrogens (tertiary/aromatic N) is 1. The first kappa shape index (κ1) is 20.9. The Balaban J connectivity index is 1.93. The first-order valence-corrected chi connectivity index (χ1v) is 11.2. The molecule has 2 aromatic rings. The lowest BCUT2D eigenvalue weighted by Gasteiger charge is -2.33. The van der Waals surface area contributed by atoms with Crippen LogP contribution in [0.5, 0.6) is 0 Å². The van der Waals surface area contributed by atoms with E-state index in [1.54, 1.807) is 16.2 Å². The van der Waals surface area contributed by atoms with E-state index in [2.05, 4.69) is 5.32 Å². The molecule has 1 aromatic carbocycles. The minimum Gasteiger partial charge on any atom is -0.351 e. The summed E-state index contributed by atoms with van der Waals surface area (Å²) < 4.78 is 0. The SMILES string of the molecule is Cc1ccccc1[C@@H](C(=O)NC1CCCCC1)N(Cc1cccs1)C(=O)CCl. The maximum Gasteiger partial charge on any atom is 0.247 e. The van der Waals surface area contributed by atoms with Crippen molar-refractivity contribution in [1.29, 1.82) is 0 Å². The van der Waals surface area contributed by atoms with Crippen molar-refractivity contribution in [2.45, 2.75) is 57.7 Å². The minimum atomic E-state index is -0.684. The average Bonchev–Trinajstić information content (AvgIpc) is 3.22. The highest BCUT2D eigenvalue weighted by Gasteiger charge is 2.33. The second-order valence-corrected chi connectivity index (χ2v) is 8.64. The fraction of sp³-hybridized carbons (Fsp3) is 0.455. The summed E-state index contributed by atoms with van der Waals surface area (Å²) in [5.41, 5.74) is 1.84. The van der Waals surface area contributed by atoms with Crippen molar-refractivity contribution in [2.24, 2.45) is 0 Å². The lowest BCUT2D eigenvalue weighted by molar-refractivity contribution is -0.140. The monoisotopic (exact) mass is 418 g/mol. The van der Waals surface area contributed by atoms with Gasteiger partial charge in [-0.15, -0.1) is 22.9 Å². The number of hydrogen-bond acceptors (Lipinski definition) is 3. The third-order valence-corrected chi connectivity index (χ3v) is 6.43. The van der Waals surface area contributed by atoms with Gasteiger partial charge in [0, 0.05) is 10.9 Å². The van der Waals surface area contributed by atoms with Gasteiger partial charge in [0.25, 0.3) is 0 Å². The van der Waals surface area contributed by atoms with Crippen molar-refractivity contribution in [3.8, 4) is 0 Å². The van der Waals surface area contributed by atoms with E-state index < -0.39 is 6.04 Å².